The van der Waals surface area contributed by atoms with E-state index in [1.54, 1.807) is 25.2 Å². The fourth-order valence-corrected chi connectivity index (χ4v) is 2.35. The predicted molar refractivity (Wildman–Crippen MR) is 91.1 cm³/mol. The summed E-state index contributed by atoms with van der Waals surface area (Å²) in [6.45, 7) is 4.07. The average Bonchev–Trinajstić information content (AvgIpc) is 2.46. The lowest BCUT2D eigenvalue weighted by molar-refractivity contribution is 0.0963. The molecule has 0 heterocycles. The van der Waals surface area contributed by atoms with E-state index < -0.39 is 0 Å². The first kappa shape index (κ1) is 15.4. The number of anilines is 3. The number of nitrogens with two attached hydrogens (primary N) is 1. The van der Waals surface area contributed by atoms with E-state index in [2.05, 4.69) is 26.6 Å². The molecule has 0 radical (unpaired) electrons. The highest BCUT2D eigenvalue weighted by Crippen LogP contribution is 2.29. The summed E-state index contributed by atoms with van der Waals surface area (Å²) in [6, 6.07) is 9.25. The highest BCUT2D eigenvalue weighted by Gasteiger charge is 2.08. The Morgan fingerprint density at radius 3 is 2.33 bits per heavy atom. The van der Waals surface area contributed by atoms with E-state index in [-0.39, 0.29) is 5.91 Å². The first-order valence-corrected chi connectivity index (χ1v) is 7.37. The molecular formula is C16H18BrN3O. The van der Waals surface area contributed by atoms with Gasteiger partial charge in [0.1, 0.15) is 0 Å². The molecule has 1 amide bonds. The van der Waals surface area contributed by atoms with Crippen molar-refractivity contribution >= 4 is 38.9 Å². The predicted octanol–water partition coefficient (Wildman–Crippen LogP) is 3.75. The summed E-state index contributed by atoms with van der Waals surface area (Å²) in [4.78, 5) is 11.7. The van der Waals surface area contributed by atoms with E-state index in [1.165, 1.54) is 0 Å². The van der Waals surface area contributed by atoms with Gasteiger partial charge in [-0.1, -0.05) is 15.9 Å². The Bertz CT molecular complexity index is 675. The summed E-state index contributed by atoms with van der Waals surface area (Å²) in [7, 11) is 1.60. The van der Waals surface area contributed by atoms with E-state index >= 15 is 0 Å². The Labute approximate surface area is 132 Å². The summed E-state index contributed by atoms with van der Waals surface area (Å²) in [5.41, 5.74) is 11.1. The van der Waals surface area contributed by atoms with Gasteiger partial charge in [0.2, 0.25) is 0 Å². The maximum Gasteiger partial charge on any atom is 0.251 e. The smallest absolute Gasteiger partial charge is 0.251 e. The molecule has 0 aliphatic heterocycles. The number of hydrogen-bond donors (Lipinski definition) is 3. The van der Waals surface area contributed by atoms with Gasteiger partial charge in [0, 0.05) is 22.8 Å². The molecule has 4 nitrogen and oxygen atoms in total. The van der Waals surface area contributed by atoms with E-state index in [0.717, 1.165) is 27.0 Å². The van der Waals surface area contributed by atoms with Gasteiger partial charge in [-0.25, -0.2) is 0 Å². The molecule has 0 aromatic heterocycles. The number of nitrogens with one attached hydrogen (secondary N) is 2. The molecule has 4 N–H and O–H groups in total. The topological polar surface area (TPSA) is 67.2 Å². The first-order valence-electron chi connectivity index (χ1n) is 6.57. The molecule has 110 valence electrons. The molecule has 0 atom stereocenters. The molecule has 0 saturated heterocycles. The number of hydrogen-bond acceptors (Lipinski definition) is 3. The van der Waals surface area contributed by atoms with Crippen LogP contribution in [-0.4, -0.2) is 13.0 Å². The number of benzene rings is 2. The zero-order chi connectivity index (χ0) is 15.6. The quantitative estimate of drug-likeness (QED) is 0.740. The summed E-state index contributed by atoms with van der Waals surface area (Å²) in [5.74, 6) is -0.138. The van der Waals surface area contributed by atoms with Gasteiger partial charge in [-0.2, -0.15) is 0 Å². The van der Waals surface area contributed by atoms with Crippen LogP contribution in [0.4, 0.5) is 17.1 Å². The van der Waals surface area contributed by atoms with Crippen LogP contribution in [0.2, 0.25) is 0 Å². The van der Waals surface area contributed by atoms with Gasteiger partial charge in [-0.3, -0.25) is 4.79 Å². The summed E-state index contributed by atoms with van der Waals surface area (Å²) in [6.07, 6.45) is 0. The molecule has 0 fully saturated rings. The number of carbonyl (C=O) groups excluding carboxylic acids is 1. The Morgan fingerprint density at radius 1 is 1.14 bits per heavy atom. The summed E-state index contributed by atoms with van der Waals surface area (Å²) in [5, 5.41) is 5.88. The maximum atomic E-state index is 11.7. The molecule has 0 unspecified atom stereocenters. The van der Waals surface area contributed by atoms with Gasteiger partial charge in [0.25, 0.3) is 5.91 Å². The number of nitrogen functional groups attached to an aromatic ring is 1. The van der Waals surface area contributed by atoms with Gasteiger partial charge in [-0.15, -0.1) is 0 Å². The third-order valence-corrected chi connectivity index (χ3v) is 4.51. The van der Waals surface area contributed by atoms with Crippen LogP contribution < -0.4 is 16.4 Å². The van der Waals surface area contributed by atoms with E-state index in [1.807, 2.05) is 26.0 Å². The number of halogens is 1. The van der Waals surface area contributed by atoms with Gasteiger partial charge in [0.05, 0.1) is 11.4 Å². The second-order valence-corrected chi connectivity index (χ2v) is 5.72. The average molecular weight is 348 g/mol. The van der Waals surface area contributed by atoms with Crippen LogP contribution in [0.25, 0.3) is 0 Å². The minimum absolute atomic E-state index is 0.138. The normalized spacial score (nSPS) is 10.3. The van der Waals surface area contributed by atoms with Crippen molar-refractivity contribution in [2.45, 2.75) is 13.8 Å². The number of aryl methyl sites for hydroxylation is 2. The van der Waals surface area contributed by atoms with E-state index in [4.69, 9.17) is 5.73 Å². The molecule has 0 bridgehead atoms. The van der Waals surface area contributed by atoms with Gasteiger partial charge >= 0.3 is 0 Å². The van der Waals surface area contributed by atoms with Crippen molar-refractivity contribution in [3.63, 3.8) is 0 Å². The van der Waals surface area contributed by atoms with Crippen molar-refractivity contribution in [1.82, 2.24) is 5.32 Å². The van der Waals surface area contributed by atoms with Crippen LogP contribution >= 0.6 is 15.9 Å². The van der Waals surface area contributed by atoms with Crippen LogP contribution in [-0.2, 0) is 0 Å². The standard InChI is InChI=1S/C16H18BrN3O/c1-9-6-12(7-10(2)15(9)17)20-14-8-11(16(21)19-3)4-5-13(14)18/h4-8,20H,18H2,1-3H3,(H,19,21). The molecule has 5 heteroatoms. The van der Waals surface area contributed by atoms with Crippen LogP contribution in [0.5, 0.6) is 0 Å². The minimum atomic E-state index is -0.138. The number of amides is 1. The zero-order valence-corrected chi connectivity index (χ0v) is 13.8. The van der Waals surface area contributed by atoms with E-state index in [0.29, 0.717) is 11.3 Å². The molecular weight excluding hydrogens is 330 g/mol. The Hall–Kier alpha value is -2.01. The van der Waals surface area contributed by atoms with Gasteiger partial charge in [0.15, 0.2) is 0 Å². The van der Waals surface area contributed by atoms with Crippen molar-refractivity contribution in [1.29, 1.82) is 0 Å². The molecule has 0 spiro atoms. The summed E-state index contributed by atoms with van der Waals surface area (Å²) >= 11 is 3.55. The lowest BCUT2D eigenvalue weighted by atomic mass is 10.1. The van der Waals surface area contributed by atoms with E-state index in [9.17, 15) is 4.79 Å². The van der Waals surface area contributed by atoms with Crippen molar-refractivity contribution < 1.29 is 4.79 Å². The Morgan fingerprint density at radius 2 is 1.76 bits per heavy atom. The molecule has 2 aromatic rings. The molecule has 0 saturated carbocycles. The molecule has 0 aliphatic carbocycles. The highest BCUT2D eigenvalue weighted by molar-refractivity contribution is 9.10. The van der Waals surface area contributed by atoms with Crippen molar-refractivity contribution in [2.75, 3.05) is 18.1 Å². The Kier molecular flexibility index (Phi) is 4.53. The fraction of sp³-hybridized carbons (Fsp3) is 0.188. The lowest BCUT2D eigenvalue weighted by Gasteiger charge is -2.13. The fourth-order valence-electron chi connectivity index (χ4n) is 2.12. The molecule has 2 rings (SSSR count). The van der Waals surface area contributed by atoms with Crippen LogP contribution in [0.1, 0.15) is 21.5 Å². The van der Waals surface area contributed by atoms with Crippen LogP contribution in [0.15, 0.2) is 34.8 Å². The third kappa shape index (κ3) is 3.36. The van der Waals surface area contributed by atoms with Crippen LogP contribution in [0.3, 0.4) is 0 Å². The Balaban J connectivity index is 2.37. The van der Waals surface area contributed by atoms with Crippen LogP contribution in [0, 0.1) is 13.8 Å². The van der Waals surface area contributed by atoms with Crippen molar-refractivity contribution in [2.24, 2.45) is 0 Å². The highest BCUT2D eigenvalue weighted by atomic mass is 79.9. The largest absolute Gasteiger partial charge is 0.397 e. The monoisotopic (exact) mass is 347 g/mol. The van der Waals surface area contributed by atoms with Gasteiger partial charge in [-0.05, 0) is 55.3 Å². The minimum Gasteiger partial charge on any atom is -0.397 e. The van der Waals surface area contributed by atoms with Crippen molar-refractivity contribution in [3.05, 3.63) is 51.5 Å². The number of carbonyl (C=O) groups is 1. The molecule has 0 aliphatic rings. The first-order chi connectivity index (χ1) is 9.92. The molecule has 2 aromatic carbocycles. The zero-order valence-electron chi connectivity index (χ0n) is 12.3. The molecule has 21 heavy (non-hydrogen) atoms. The van der Waals surface area contributed by atoms with Gasteiger partial charge < -0.3 is 16.4 Å². The third-order valence-electron chi connectivity index (χ3n) is 3.26. The number of rotatable bonds is 3. The summed E-state index contributed by atoms with van der Waals surface area (Å²) < 4.78 is 1.10. The maximum absolute atomic E-state index is 11.7. The SMILES string of the molecule is CNC(=O)c1ccc(N)c(Nc2cc(C)c(Br)c(C)c2)c1. The second kappa shape index (κ2) is 6.18. The second-order valence-electron chi connectivity index (χ2n) is 4.93. The lowest BCUT2D eigenvalue weighted by Crippen LogP contribution is -2.18. The van der Waals surface area contributed by atoms with Crippen molar-refractivity contribution in [3.8, 4) is 0 Å².